The SMILES string of the molecule is C[C@]12CC[C@H]3[C@]4(C=C[C@@]5(C=C4C(=O)c4cccc(C(F)(F)F)c4)CC(O)CC[C@]35C)[C@@H]1CC[C@@]2(O)CSc1n[nH]c(-c2ccncc2)n1. The van der Waals surface area contributed by atoms with Crippen molar-refractivity contribution in [3.8, 4) is 11.4 Å². The number of benzene rings is 1. The van der Waals surface area contributed by atoms with Gasteiger partial charge in [-0.1, -0.05) is 56.0 Å². The Labute approximate surface area is 281 Å². The number of hydrogen-bond acceptors (Lipinski definition) is 7. The average Bonchev–Trinajstić information content (AvgIpc) is 3.66. The number of aromatic nitrogens is 4. The Morgan fingerprint density at radius 3 is 2.52 bits per heavy atom. The number of rotatable bonds is 6. The van der Waals surface area contributed by atoms with Gasteiger partial charge < -0.3 is 10.2 Å². The van der Waals surface area contributed by atoms with Crippen molar-refractivity contribution in [1.29, 1.82) is 0 Å². The number of carbonyl (C=O) groups is 1. The molecule has 0 amide bonds. The highest BCUT2D eigenvalue weighted by molar-refractivity contribution is 7.99. The van der Waals surface area contributed by atoms with Crippen molar-refractivity contribution in [2.75, 3.05) is 5.75 Å². The number of alkyl halides is 3. The van der Waals surface area contributed by atoms with E-state index in [0.717, 1.165) is 37.0 Å². The number of nitrogens with zero attached hydrogens (tertiary/aromatic N) is 3. The molecule has 7 nitrogen and oxygen atoms in total. The number of halogens is 3. The van der Waals surface area contributed by atoms with E-state index in [0.29, 0.717) is 48.0 Å². The normalized spacial score (nSPS) is 38.2. The first-order valence-electron chi connectivity index (χ1n) is 16.8. The molecule has 0 aliphatic heterocycles. The Hall–Kier alpha value is -3.28. The lowest BCUT2D eigenvalue weighted by Gasteiger charge is -2.71. The van der Waals surface area contributed by atoms with Crippen molar-refractivity contribution in [2.45, 2.75) is 81.8 Å². The second-order valence-electron chi connectivity index (χ2n) is 15.2. The molecular weight excluding hydrogens is 637 g/mol. The van der Waals surface area contributed by atoms with Crippen LogP contribution in [0.5, 0.6) is 0 Å². The van der Waals surface area contributed by atoms with Crippen LogP contribution < -0.4 is 0 Å². The van der Waals surface area contributed by atoms with Gasteiger partial charge in [0.1, 0.15) is 0 Å². The summed E-state index contributed by atoms with van der Waals surface area (Å²) in [5.74, 6) is 0.518. The first-order chi connectivity index (χ1) is 22.7. The van der Waals surface area contributed by atoms with Crippen LogP contribution in [-0.2, 0) is 6.18 Å². The predicted octanol–water partition coefficient (Wildman–Crippen LogP) is 7.45. The third-order valence-electron chi connectivity index (χ3n) is 13.3. The number of Topliss-reactive ketones (excluding diaryl/α,β-unsaturated/α-hetero) is 1. The van der Waals surface area contributed by atoms with Crippen LogP contribution in [0.4, 0.5) is 13.2 Å². The Balaban J connectivity index is 1.18. The summed E-state index contributed by atoms with van der Waals surface area (Å²) in [4.78, 5) is 23.3. The van der Waals surface area contributed by atoms with Crippen LogP contribution >= 0.6 is 11.8 Å². The molecular formula is C37H39F3N4O3S. The molecule has 48 heavy (non-hydrogen) atoms. The highest BCUT2D eigenvalue weighted by atomic mass is 32.2. The highest BCUT2D eigenvalue weighted by Crippen LogP contribution is 2.78. The third-order valence-corrected chi connectivity index (χ3v) is 14.3. The number of aliphatic hydroxyl groups excluding tert-OH is 1. The van der Waals surface area contributed by atoms with Crippen molar-refractivity contribution in [2.24, 2.45) is 33.5 Å². The molecule has 1 unspecified atom stereocenters. The van der Waals surface area contributed by atoms with Gasteiger partial charge in [0.05, 0.1) is 17.3 Å². The fourth-order valence-corrected chi connectivity index (χ4v) is 11.8. The number of H-pyrrole nitrogens is 1. The second kappa shape index (κ2) is 10.6. The largest absolute Gasteiger partial charge is 0.416 e. The number of hydrogen-bond donors (Lipinski definition) is 3. The Bertz CT molecular complexity index is 1850. The number of fused-ring (bicyclic) bond motifs is 1. The van der Waals surface area contributed by atoms with Crippen LogP contribution in [0.15, 0.2) is 77.7 Å². The molecule has 3 saturated carbocycles. The van der Waals surface area contributed by atoms with Gasteiger partial charge in [-0.15, -0.1) is 5.10 Å². The number of ketones is 1. The molecule has 2 heterocycles. The lowest BCUT2D eigenvalue weighted by Crippen LogP contribution is -2.67. The maximum atomic E-state index is 14.6. The van der Waals surface area contributed by atoms with Crippen LogP contribution in [0.2, 0.25) is 0 Å². The summed E-state index contributed by atoms with van der Waals surface area (Å²) in [6.45, 7) is 4.42. The number of pyridine rings is 1. The van der Waals surface area contributed by atoms with Crippen molar-refractivity contribution < 1.29 is 28.2 Å². The number of carbonyl (C=O) groups excluding carboxylic acids is 1. The molecule has 2 aromatic heterocycles. The van der Waals surface area contributed by atoms with Gasteiger partial charge in [-0.05, 0) is 86.5 Å². The average molecular weight is 677 g/mol. The summed E-state index contributed by atoms with van der Waals surface area (Å²) in [5, 5.41) is 31.4. The lowest BCUT2D eigenvalue weighted by molar-refractivity contribution is -0.166. The molecule has 6 aliphatic rings. The Morgan fingerprint density at radius 2 is 1.75 bits per heavy atom. The molecule has 6 aliphatic carbocycles. The van der Waals surface area contributed by atoms with Crippen LogP contribution in [-0.4, -0.2) is 53.6 Å². The summed E-state index contributed by atoms with van der Waals surface area (Å²) >= 11 is 1.40. The van der Waals surface area contributed by atoms with Crippen molar-refractivity contribution in [3.05, 3.63) is 83.7 Å². The number of thioether (sulfide) groups is 1. The van der Waals surface area contributed by atoms with E-state index in [-0.39, 0.29) is 22.8 Å². The fraction of sp³-hybridized carbons (Fsp3) is 0.514. The molecule has 0 radical (unpaired) electrons. The highest BCUT2D eigenvalue weighted by Gasteiger charge is 2.74. The quantitative estimate of drug-likeness (QED) is 0.141. The summed E-state index contributed by atoms with van der Waals surface area (Å²) in [7, 11) is 0. The van der Waals surface area contributed by atoms with Gasteiger partial charge in [0.2, 0.25) is 5.16 Å². The van der Waals surface area contributed by atoms with Gasteiger partial charge in [-0.2, -0.15) is 13.2 Å². The lowest BCUT2D eigenvalue weighted by atomic mass is 9.32. The van der Waals surface area contributed by atoms with E-state index in [1.54, 1.807) is 12.4 Å². The minimum absolute atomic E-state index is 0.0188. The molecule has 252 valence electrons. The van der Waals surface area contributed by atoms with Gasteiger partial charge in [0.15, 0.2) is 11.6 Å². The zero-order chi connectivity index (χ0) is 33.7. The number of aromatic amines is 1. The fourth-order valence-electron chi connectivity index (χ4n) is 10.7. The van der Waals surface area contributed by atoms with Crippen LogP contribution in [0.3, 0.4) is 0 Å². The zero-order valence-corrected chi connectivity index (χ0v) is 27.7. The molecule has 2 bridgehead atoms. The van der Waals surface area contributed by atoms with Crippen molar-refractivity contribution in [1.82, 2.24) is 20.2 Å². The second-order valence-corrected chi connectivity index (χ2v) is 16.2. The first-order valence-corrected chi connectivity index (χ1v) is 17.8. The van der Waals surface area contributed by atoms with Crippen LogP contribution in [0.25, 0.3) is 11.4 Å². The zero-order valence-electron chi connectivity index (χ0n) is 26.9. The first kappa shape index (κ1) is 32.0. The number of allylic oxidation sites excluding steroid dienone is 4. The molecule has 3 aromatic rings. The van der Waals surface area contributed by atoms with E-state index in [1.807, 2.05) is 18.2 Å². The molecule has 3 N–H and O–H groups in total. The molecule has 8 atom stereocenters. The van der Waals surface area contributed by atoms with Crippen molar-refractivity contribution in [3.63, 3.8) is 0 Å². The molecule has 2 spiro atoms. The topological polar surface area (TPSA) is 112 Å². The maximum Gasteiger partial charge on any atom is 0.416 e. The summed E-state index contributed by atoms with van der Waals surface area (Å²) < 4.78 is 41.4. The minimum atomic E-state index is -4.58. The molecule has 9 rings (SSSR count). The monoisotopic (exact) mass is 676 g/mol. The molecule has 11 heteroatoms. The summed E-state index contributed by atoms with van der Waals surface area (Å²) in [6.07, 6.45) is 9.33. The standard InChI is InChI=1S/C37H39F3N4O3S/c1-32-11-6-25(45)19-34(32)14-15-36(26(20-34)29(46)23-4-3-5-24(18-23)37(38,39)40)27(32)7-12-33(2)28(36)8-13-35(33,47)21-48-31-42-30(43-44-31)22-9-16-41-17-10-22/h3-5,9-10,14-18,20,25,27-28,45,47H,6-8,11-13,19,21H2,1-2H3,(H,42,43,44)/t25?,27-,28-,32-,33+,34+,35-,36-/m1/s1. The van der Waals surface area contributed by atoms with E-state index in [4.69, 9.17) is 0 Å². The van der Waals surface area contributed by atoms with Crippen LogP contribution in [0, 0.1) is 33.5 Å². The van der Waals surface area contributed by atoms with E-state index in [2.05, 4.69) is 46.2 Å². The van der Waals surface area contributed by atoms with E-state index < -0.39 is 45.5 Å². The molecule has 1 aromatic carbocycles. The molecule has 0 saturated heterocycles. The van der Waals surface area contributed by atoms with E-state index in [1.165, 1.54) is 23.9 Å². The molecule has 3 fully saturated rings. The number of nitrogens with one attached hydrogen (secondary N) is 1. The predicted molar refractivity (Wildman–Crippen MR) is 175 cm³/mol. The van der Waals surface area contributed by atoms with Gasteiger partial charge in [0.25, 0.3) is 0 Å². The van der Waals surface area contributed by atoms with Gasteiger partial charge >= 0.3 is 6.18 Å². The van der Waals surface area contributed by atoms with E-state index >= 15 is 0 Å². The Kier molecular flexibility index (Phi) is 7.06. The third kappa shape index (κ3) is 4.35. The minimum Gasteiger partial charge on any atom is -0.393 e. The van der Waals surface area contributed by atoms with Gasteiger partial charge in [0, 0.05) is 51.1 Å². The summed E-state index contributed by atoms with van der Waals surface area (Å²) in [5.41, 5.74) is -2.68. The number of aliphatic hydroxyl groups is 2. The smallest absolute Gasteiger partial charge is 0.393 e. The summed E-state index contributed by atoms with van der Waals surface area (Å²) in [6, 6.07) is 8.43. The van der Waals surface area contributed by atoms with Crippen molar-refractivity contribution >= 4 is 17.5 Å². The maximum absolute atomic E-state index is 14.6. The van der Waals surface area contributed by atoms with Crippen LogP contribution in [0.1, 0.15) is 74.7 Å². The van der Waals surface area contributed by atoms with E-state index in [9.17, 15) is 28.2 Å². The van der Waals surface area contributed by atoms with Gasteiger partial charge in [-0.25, -0.2) is 4.98 Å². The van der Waals surface area contributed by atoms with Gasteiger partial charge in [-0.3, -0.25) is 14.9 Å². The Morgan fingerprint density at radius 1 is 1.02 bits per heavy atom.